The van der Waals surface area contributed by atoms with Crippen molar-refractivity contribution < 1.29 is 13.6 Å². The molecule has 0 aliphatic rings. The SMILES string of the molecule is C/C=C\C=C\[C@@H](C)C[C@@H](C=C(C)C)c1cc(O[Si](C)(C)C(C)(C)C)c(OC)c(C)c1O[Si](C)(C)C(C)(C)C. The number of hydrogen-bond acceptors (Lipinski definition) is 3. The van der Waals surface area contributed by atoms with Gasteiger partial charge in [-0.2, -0.15) is 0 Å². The molecule has 0 heterocycles. The summed E-state index contributed by atoms with van der Waals surface area (Å²) in [6.45, 7) is 33.8. The van der Waals surface area contributed by atoms with Crippen LogP contribution in [-0.4, -0.2) is 23.7 Å². The van der Waals surface area contributed by atoms with Crippen molar-refractivity contribution in [2.45, 2.75) is 125 Å². The van der Waals surface area contributed by atoms with Gasteiger partial charge in [0.25, 0.3) is 16.6 Å². The van der Waals surface area contributed by atoms with Gasteiger partial charge in [-0.1, -0.05) is 84.4 Å². The fraction of sp³-hybridized carbons (Fsp3) is 0.636. The highest BCUT2D eigenvalue weighted by atomic mass is 28.4. The van der Waals surface area contributed by atoms with Crippen LogP contribution in [0, 0.1) is 12.8 Å². The van der Waals surface area contributed by atoms with E-state index in [1.165, 1.54) is 11.1 Å². The quantitative estimate of drug-likeness (QED) is 0.153. The van der Waals surface area contributed by atoms with Crippen molar-refractivity contribution in [3.8, 4) is 17.2 Å². The van der Waals surface area contributed by atoms with E-state index in [0.29, 0.717) is 5.92 Å². The summed E-state index contributed by atoms with van der Waals surface area (Å²) >= 11 is 0. The Bertz CT molecular complexity index is 1010. The molecule has 2 atom stereocenters. The lowest BCUT2D eigenvalue weighted by Crippen LogP contribution is -2.45. The highest BCUT2D eigenvalue weighted by molar-refractivity contribution is 6.75. The van der Waals surface area contributed by atoms with Gasteiger partial charge in [0.2, 0.25) is 0 Å². The number of methoxy groups -OCH3 is 1. The third-order valence-electron chi connectivity index (χ3n) is 8.30. The first-order valence-corrected chi connectivity index (χ1v) is 20.0. The van der Waals surface area contributed by atoms with Crippen LogP contribution in [0.25, 0.3) is 0 Å². The van der Waals surface area contributed by atoms with Gasteiger partial charge in [-0.3, -0.25) is 0 Å². The molecule has 0 amide bonds. The summed E-state index contributed by atoms with van der Waals surface area (Å²) in [6.07, 6.45) is 12.0. The largest absolute Gasteiger partial charge is 0.543 e. The van der Waals surface area contributed by atoms with E-state index in [0.717, 1.165) is 29.2 Å². The molecule has 0 saturated heterocycles. The Morgan fingerprint density at radius 1 is 0.895 bits per heavy atom. The zero-order valence-corrected chi connectivity index (χ0v) is 29.6. The second kappa shape index (κ2) is 13.1. The summed E-state index contributed by atoms with van der Waals surface area (Å²) in [7, 11) is -2.47. The van der Waals surface area contributed by atoms with Crippen molar-refractivity contribution in [2.75, 3.05) is 7.11 Å². The average Bonchev–Trinajstić information content (AvgIpc) is 2.73. The molecular weight excluding hydrogens is 501 g/mol. The summed E-state index contributed by atoms with van der Waals surface area (Å²) in [5.41, 5.74) is 3.54. The third-order valence-corrected chi connectivity index (χ3v) is 17.0. The fourth-order valence-corrected chi connectivity index (χ4v) is 5.98. The molecule has 0 aliphatic heterocycles. The first kappa shape index (κ1) is 34.3. The molecule has 1 aromatic rings. The van der Waals surface area contributed by atoms with Gasteiger partial charge >= 0.3 is 0 Å². The minimum absolute atomic E-state index is 0.0772. The Hall–Kier alpha value is -1.73. The van der Waals surface area contributed by atoms with E-state index in [4.69, 9.17) is 13.6 Å². The summed E-state index contributed by atoms with van der Waals surface area (Å²) in [4.78, 5) is 0. The van der Waals surface area contributed by atoms with Crippen molar-refractivity contribution in [3.05, 3.63) is 53.1 Å². The Morgan fingerprint density at radius 3 is 1.87 bits per heavy atom. The molecule has 0 unspecified atom stereocenters. The predicted molar refractivity (Wildman–Crippen MR) is 173 cm³/mol. The molecule has 5 heteroatoms. The lowest BCUT2D eigenvalue weighted by atomic mass is 9.86. The third kappa shape index (κ3) is 8.91. The smallest absolute Gasteiger partial charge is 0.250 e. The zero-order chi connectivity index (χ0) is 29.7. The Morgan fingerprint density at radius 2 is 1.42 bits per heavy atom. The van der Waals surface area contributed by atoms with E-state index in [1.54, 1.807) is 7.11 Å². The molecule has 38 heavy (non-hydrogen) atoms. The minimum Gasteiger partial charge on any atom is -0.543 e. The van der Waals surface area contributed by atoms with Crippen LogP contribution in [0.15, 0.2) is 42.0 Å². The predicted octanol–water partition coefficient (Wildman–Crippen LogP) is 11.0. The van der Waals surface area contributed by atoms with E-state index in [-0.39, 0.29) is 16.0 Å². The Kier molecular flexibility index (Phi) is 11.8. The van der Waals surface area contributed by atoms with Crippen LogP contribution >= 0.6 is 0 Å². The summed E-state index contributed by atoms with van der Waals surface area (Å²) in [6, 6.07) is 2.24. The molecule has 3 nitrogen and oxygen atoms in total. The van der Waals surface area contributed by atoms with Gasteiger partial charge in [0.15, 0.2) is 5.75 Å². The fourth-order valence-electron chi connectivity index (χ4n) is 3.88. The van der Waals surface area contributed by atoms with E-state index < -0.39 is 16.6 Å². The standard InChI is InChI=1S/C33H58O3Si2/c1-17-18-19-20-25(4)22-27(21-24(2)3)28-23-29(35-37(13,14)32(6,7)8)31(34-12)26(5)30(28)36-38(15,16)33(9,10)11/h17-21,23,25,27H,22H2,1-16H3/b18-17-,20-19+/t25-,27-/m1/s1. The van der Waals surface area contributed by atoms with Crippen molar-refractivity contribution in [1.82, 2.24) is 0 Å². The van der Waals surface area contributed by atoms with E-state index in [9.17, 15) is 0 Å². The van der Waals surface area contributed by atoms with Gasteiger partial charge < -0.3 is 13.6 Å². The molecule has 0 saturated carbocycles. The lowest BCUT2D eigenvalue weighted by molar-refractivity contribution is 0.377. The van der Waals surface area contributed by atoms with Crippen LogP contribution < -0.4 is 13.6 Å². The van der Waals surface area contributed by atoms with Crippen molar-refractivity contribution in [2.24, 2.45) is 5.92 Å². The maximum absolute atomic E-state index is 7.12. The molecule has 1 aromatic carbocycles. The summed E-state index contributed by atoms with van der Waals surface area (Å²) in [5.74, 6) is 3.21. The number of rotatable bonds is 11. The van der Waals surface area contributed by atoms with Gasteiger partial charge in [-0.15, -0.1) is 0 Å². The van der Waals surface area contributed by atoms with Crippen LogP contribution in [0.1, 0.15) is 92.7 Å². The highest BCUT2D eigenvalue weighted by Gasteiger charge is 2.42. The first-order valence-electron chi connectivity index (χ1n) is 14.2. The van der Waals surface area contributed by atoms with Crippen LogP contribution in [-0.2, 0) is 0 Å². The van der Waals surface area contributed by atoms with Crippen LogP contribution in [0.4, 0.5) is 0 Å². The molecule has 1 rings (SSSR count). The van der Waals surface area contributed by atoms with Crippen LogP contribution in [0.3, 0.4) is 0 Å². The Labute approximate surface area is 238 Å². The summed E-state index contributed by atoms with van der Waals surface area (Å²) in [5, 5.41) is 0.155. The van der Waals surface area contributed by atoms with Gasteiger partial charge in [0.05, 0.1) is 7.11 Å². The van der Waals surface area contributed by atoms with Gasteiger partial charge in [-0.25, -0.2) is 0 Å². The zero-order valence-electron chi connectivity index (χ0n) is 27.6. The molecule has 216 valence electrons. The van der Waals surface area contributed by atoms with Crippen LogP contribution in [0.2, 0.25) is 36.3 Å². The van der Waals surface area contributed by atoms with Gasteiger partial charge in [0.1, 0.15) is 11.5 Å². The minimum atomic E-state index is -2.12. The normalized spacial score (nSPS) is 15.1. The highest BCUT2D eigenvalue weighted by Crippen LogP contribution is 2.49. The van der Waals surface area contributed by atoms with Crippen molar-refractivity contribution in [1.29, 1.82) is 0 Å². The number of ether oxygens (including phenoxy) is 1. The van der Waals surface area contributed by atoms with Gasteiger partial charge in [0, 0.05) is 17.0 Å². The molecule has 0 radical (unpaired) electrons. The van der Waals surface area contributed by atoms with Crippen molar-refractivity contribution >= 4 is 16.6 Å². The van der Waals surface area contributed by atoms with Crippen LogP contribution in [0.5, 0.6) is 17.2 Å². The molecule has 0 N–H and O–H groups in total. The maximum atomic E-state index is 7.12. The van der Waals surface area contributed by atoms with Crippen molar-refractivity contribution in [3.63, 3.8) is 0 Å². The molecule has 0 spiro atoms. The Balaban J connectivity index is 3.97. The second-order valence-corrected chi connectivity index (χ2v) is 23.6. The van der Waals surface area contributed by atoms with E-state index >= 15 is 0 Å². The van der Waals surface area contributed by atoms with E-state index in [1.807, 2.05) is 0 Å². The average molecular weight is 559 g/mol. The molecular formula is C33H58O3Si2. The first-order chi connectivity index (χ1) is 17.2. The second-order valence-electron chi connectivity index (χ2n) is 14.2. The number of hydrogen-bond donors (Lipinski definition) is 0. The molecule has 0 bridgehead atoms. The van der Waals surface area contributed by atoms with E-state index in [2.05, 4.69) is 139 Å². The monoisotopic (exact) mass is 558 g/mol. The lowest BCUT2D eigenvalue weighted by Gasteiger charge is -2.40. The summed E-state index contributed by atoms with van der Waals surface area (Å²) < 4.78 is 20.1. The van der Waals surface area contributed by atoms with Gasteiger partial charge in [-0.05, 0) is 82.4 Å². The molecule has 0 fully saturated rings. The topological polar surface area (TPSA) is 27.7 Å². The maximum Gasteiger partial charge on any atom is 0.250 e. The molecule has 0 aromatic heterocycles. The molecule has 0 aliphatic carbocycles. The number of allylic oxidation sites excluding steroid dienone is 6. The number of benzene rings is 1.